The molecule has 1 aromatic heterocycles. The maximum Gasteiger partial charge on any atom is 0.119 e. The van der Waals surface area contributed by atoms with Crippen molar-refractivity contribution in [2.24, 2.45) is 7.05 Å². The van der Waals surface area contributed by atoms with E-state index >= 15 is 0 Å². The second-order valence-electron chi connectivity index (χ2n) is 7.45. The van der Waals surface area contributed by atoms with Gasteiger partial charge in [0.05, 0.1) is 12.8 Å². The van der Waals surface area contributed by atoms with Crippen molar-refractivity contribution in [3.8, 4) is 5.75 Å². The Kier molecular flexibility index (Phi) is 5.19. The number of likely N-dealkylation sites (tertiary alicyclic amines) is 1. The normalized spacial score (nSPS) is 16.6. The fourth-order valence-corrected chi connectivity index (χ4v) is 4.29. The lowest BCUT2D eigenvalue weighted by Crippen LogP contribution is -2.29. The van der Waals surface area contributed by atoms with Gasteiger partial charge in [-0.15, -0.1) is 0 Å². The van der Waals surface area contributed by atoms with Gasteiger partial charge >= 0.3 is 0 Å². The van der Waals surface area contributed by atoms with Crippen molar-refractivity contribution >= 4 is 10.9 Å². The van der Waals surface area contributed by atoms with Crippen LogP contribution in [0.4, 0.5) is 0 Å². The minimum atomic E-state index is -0.659. The molecule has 1 unspecified atom stereocenters. The summed E-state index contributed by atoms with van der Waals surface area (Å²) in [5, 5.41) is 12.5. The van der Waals surface area contributed by atoms with E-state index in [1.165, 1.54) is 35.7 Å². The Morgan fingerprint density at radius 1 is 1.00 bits per heavy atom. The first-order valence-electron chi connectivity index (χ1n) is 9.79. The maximum atomic E-state index is 11.3. The fourth-order valence-electron chi connectivity index (χ4n) is 4.29. The Balaban J connectivity index is 1.77. The molecular formula is C23H28N2O2. The Morgan fingerprint density at radius 3 is 2.41 bits per heavy atom. The van der Waals surface area contributed by atoms with Crippen LogP contribution >= 0.6 is 0 Å². The van der Waals surface area contributed by atoms with Gasteiger partial charge in [-0.2, -0.15) is 0 Å². The van der Waals surface area contributed by atoms with E-state index < -0.39 is 6.10 Å². The third-order valence-corrected chi connectivity index (χ3v) is 5.78. The van der Waals surface area contributed by atoms with E-state index in [0.29, 0.717) is 0 Å². The molecule has 27 heavy (non-hydrogen) atoms. The molecule has 0 aliphatic carbocycles. The van der Waals surface area contributed by atoms with Gasteiger partial charge in [0.2, 0.25) is 0 Å². The zero-order valence-electron chi connectivity index (χ0n) is 16.2. The van der Waals surface area contributed by atoms with Gasteiger partial charge in [-0.3, -0.25) is 4.90 Å². The van der Waals surface area contributed by atoms with Gasteiger partial charge < -0.3 is 14.4 Å². The number of methoxy groups -OCH3 is 1. The number of nitrogens with zero attached hydrogens (tertiary/aromatic N) is 2. The van der Waals surface area contributed by atoms with Gasteiger partial charge in [-0.1, -0.05) is 36.8 Å². The van der Waals surface area contributed by atoms with Crippen LogP contribution in [0.5, 0.6) is 5.75 Å². The quantitative estimate of drug-likeness (QED) is 0.735. The minimum Gasteiger partial charge on any atom is -0.497 e. The highest BCUT2D eigenvalue weighted by Gasteiger charge is 2.24. The molecule has 3 aromatic rings. The summed E-state index contributed by atoms with van der Waals surface area (Å²) in [6.07, 6.45) is 3.20. The molecule has 1 atom stereocenters. The summed E-state index contributed by atoms with van der Waals surface area (Å²) in [6, 6.07) is 16.2. The zero-order valence-corrected chi connectivity index (χ0v) is 16.2. The zero-order chi connectivity index (χ0) is 18.8. The summed E-state index contributed by atoms with van der Waals surface area (Å²) >= 11 is 0. The van der Waals surface area contributed by atoms with Crippen LogP contribution in [0, 0.1) is 0 Å². The van der Waals surface area contributed by atoms with Gasteiger partial charge in [-0.05, 0) is 55.3 Å². The molecule has 4 heteroatoms. The molecule has 2 aromatic carbocycles. The number of aryl methyl sites for hydroxylation is 1. The first kappa shape index (κ1) is 18.1. The smallest absolute Gasteiger partial charge is 0.119 e. The molecule has 1 N–H and O–H groups in total. The van der Waals surface area contributed by atoms with E-state index in [1.54, 1.807) is 7.11 Å². The topological polar surface area (TPSA) is 37.6 Å². The van der Waals surface area contributed by atoms with Gasteiger partial charge in [0, 0.05) is 24.5 Å². The second-order valence-corrected chi connectivity index (χ2v) is 7.45. The van der Waals surface area contributed by atoms with Crippen molar-refractivity contribution < 1.29 is 9.84 Å². The standard InChI is InChI=1S/C23H28N2O2/c1-24-21-9-5-4-8-19(21)20(16-25-14-6-3-7-15-25)22(24)23(26)17-10-12-18(27-2)13-11-17/h4-5,8-13,23,26H,3,6-7,14-16H2,1-2H3. The summed E-state index contributed by atoms with van der Waals surface area (Å²) in [5.74, 6) is 0.802. The van der Waals surface area contributed by atoms with Crippen molar-refractivity contribution in [1.82, 2.24) is 9.47 Å². The van der Waals surface area contributed by atoms with Crippen LogP contribution in [0.2, 0.25) is 0 Å². The average Bonchev–Trinajstić information content (AvgIpc) is 3.00. The van der Waals surface area contributed by atoms with Crippen LogP contribution in [0.25, 0.3) is 10.9 Å². The number of fused-ring (bicyclic) bond motifs is 1. The molecule has 2 heterocycles. The lowest BCUT2D eigenvalue weighted by molar-refractivity contribution is 0.199. The van der Waals surface area contributed by atoms with Gasteiger partial charge in [-0.25, -0.2) is 0 Å². The third kappa shape index (κ3) is 3.47. The largest absolute Gasteiger partial charge is 0.497 e. The third-order valence-electron chi connectivity index (χ3n) is 5.78. The number of rotatable bonds is 5. The van der Waals surface area contributed by atoms with Crippen molar-refractivity contribution in [3.63, 3.8) is 0 Å². The van der Waals surface area contributed by atoms with Crippen LogP contribution in [0.3, 0.4) is 0 Å². The average molecular weight is 364 g/mol. The number of hydrogen-bond acceptors (Lipinski definition) is 3. The van der Waals surface area contributed by atoms with Crippen LogP contribution in [0.15, 0.2) is 48.5 Å². The highest BCUT2D eigenvalue weighted by atomic mass is 16.5. The summed E-state index contributed by atoms with van der Waals surface area (Å²) in [4.78, 5) is 2.52. The lowest BCUT2D eigenvalue weighted by Gasteiger charge is -2.27. The number of para-hydroxylation sites is 1. The molecule has 0 amide bonds. The molecule has 1 fully saturated rings. The number of aromatic nitrogens is 1. The number of piperidine rings is 1. The molecule has 142 valence electrons. The lowest BCUT2D eigenvalue weighted by atomic mass is 10.0. The Morgan fingerprint density at radius 2 is 1.70 bits per heavy atom. The Hall–Kier alpha value is -2.30. The Labute approximate surface area is 161 Å². The van der Waals surface area contributed by atoms with E-state index in [-0.39, 0.29) is 0 Å². The number of hydrogen-bond donors (Lipinski definition) is 1. The predicted octanol–water partition coefficient (Wildman–Crippen LogP) is 4.25. The first-order valence-corrected chi connectivity index (χ1v) is 9.79. The number of aliphatic hydroxyl groups excluding tert-OH is 1. The first-order chi connectivity index (χ1) is 13.2. The second kappa shape index (κ2) is 7.75. The summed E-state index contributed by atoms with van der Waals surface area (Å²) < 4.78 is 7.41. The van der Waals surface area contributed by atoms with Crippen molar-refractivity contribution in [2.45, 2.75) is 31.9 Å². The minimum absolute atomic E-state index is 0.659. The molecular weight excluding hydrogens is 336 g/mol. The molecule has 0 bridgehead atoms. The number of aliphatic hydroxyl groups is 1. The monoisotopic (exact) mass is 364 g/mol. The molecule has 4 nitrogen and oxygen atoms in total. The number of ether oxygens (including phenoxy) is 1. The Bertz CT molecular complexity index is 908. The summed E-state index contributed by atoms with van der Waals surface area (Å²) in [7, 11) is 3.72. The van der Waals surface area contributed by atoms with E-state index in [1.807, 2.05) is 24.3 Å². The van der Waals surface area contributed by atoms with E-state index in [4.69, 9.17) is 4.74 Å². The highest BCUT2D eigenvalue weighted by molar-refractivity contribution is 5.85. The highest BCUT2D eigenvalue weighted by Crippen LogP contribution is 2.34. The molecule has 1 aliphatic heterocycles. The van der Waals surface area contributed by atoms with Crippen LogP contribution < -0.4 is 4.74 Å². The van der Waals surface area contributed by atoms with Crippen molar-refractivity contribution in [1.29, 1.82) is 0 Å². The van der Waals surface area contributed by atoms with Crippen LogP contribution in [-0.4, -0.2) is 34.8 Å². The SMILES string of the molecule is COc1ccc(C(O)c2c(CN3CCCCC3)c3ccccc3n2C)cc1. The van der Waals surface area contributed by atoms with Crippen molar-refractivity contribution in [2.75, 3.05) is 20.2 Å². The molecule has 0 saturated carbocycles. The van der Waals surface area contributed by atoms with E-state index in [0.717, 1.165) is 36.6 Å². The molecule has 0 spiro atoms. The van der Waals surface area contributed by atoms with Gasteiger partial charge in [0.25, 0.3) is 0 Å². The number of benzene rings is 2. The molecule has 1 saturated heterocycles. The fraction of sp³-hybridized carbons (Fsp3) is 0.391. The van der Waals surface area contributed by atoms with Gasteiger partial charge in [0.1, 0.15) is 11.9 Å². The summed E-state index contributed by atoms with van der Waals surface area (Å²) in [5.41, 5.74) is 4.30. The van der Waals surface area contributed by atoms with E-state index in [2.05, 4.69) is 40.8 Å². The molecule has 4 rings (SSSR count). The predicted molar refractivity (Wildman–Crippen MR) is 109 cm³/mol. The summed E-state index contributed by atoms with van der Waals surface area (Å²) in [6.45, 7) is 3.17. The van der Waals surface area contributed by atoms with Gasteiger partial charge in [0.15, 0.2) is 0 Å². The molecule has 1 aliphatic rings. The van der Waals surface area contributed by atoms with E-state index in [9.17, 15) is 5.11 Å². The van der Waals surface area contributed by atoms with Crippen molar-refractivity contribution in [3.05, 3.63) is 65.4 Å². The van der Waals surface area contributed by atoms with Crippen LogP contribution in [-0.2, 0) is 13.6 Å². The molecule has 0 radical (unpaired) electrons. The maximum absolute atomic E-state index is 11.3. The van der Waals surface area contributed by atoms with Crippen LogP contribution in [0.1, 0.15) is 42.2 Å².